The smallest absolute Gasteiger partial charge is 0.203 e. The van der Waals surface area contributed by atoms with Gasteiger partial charge in [-0.2, -0.15) is 13.5 Å². The van der Waals surface area contributed by atoms with Crippen LogP contribution in [-0.2, 0) is 10.0 Å². The molecule has 2 aromatic carbocycles. The fraction of sp³-hybridized carbons (Fsp3) is 0.133. The summed E-state index contributed by atoms with van der Waals surface area (Å²) in [5, 5.41) is 3.10. The van der Waals surface area contributed by atoms with Crippen LogP contribution in [-0.4, -0.2) is 14.6 Å². The van der Waals surface area contributed by atoms with Gasteiger partial charge >= 0.3 is 0 Å². The van der Waals surface area contributed by atoms with Crippen LogP contribution in [0.25, 0.3) is 0 Å². The number of nitrogens with zero attached hydrogens (tertiary/aromatic N) is 1. The molecule has 25 heavy (non-hydrogen) atoms. The van der Waals surface area contributed by atoms with Crippen molar-refractivity contribution in [3.05, 3.63) is 64.0 Å². The number of rotatable bonds is 4. The number of halogens is 5. The second-order valence-corrected chi connectivity index (χ2v) is 6.73. The summed E-state index contributed by atoms with van der Waals surface area (Å²) in [6.07, 6.45) is 0.207. The fourth-order valence-electron chi connectivity index (χ4n) is 1.94. The van der Waals surface area contributed by atoms with E-state index >= 15 is 0 Å². The molecule has 0 bridgehead atoms. The summed E-state index contributed by atoms with van der Waals surface area (Å²) in [6.45, 7) is 3.17. The molecule has 0 atom stereocenters. The molecule has 4 nitrogen and oxygen atoms in total. The van der Waals surface area contributed by atoms with Gasteiger partial charge in [-0.3, -0.25) is 0 Å². The summed E-state index contributed by atoms with van der Waals surface area (Å²) < 4.78 is 90.3. The molecule has 0 amide bonds. The molecule has 0 spiro atoms. The highest BCUT2D eigenvalue weighted by molar-refractivity contribution is 7.89. The van der Waals surface area contributed by atoms with Crippen LogP contribution in [0.3, 0.4) is 0 Å². The summed E-state index contributed by atoms with van der Waals surface area (Å²) in [7, 11) is -4.19. The molecule has 10 heteroatoms. The maximum absolute atomic E-state index is 13.5. The first-order valence-corrected chi connectivity index (χ1v) is 8.18. The van der Waals surface area contributed by atoms with Crippen LogP contribution in [0.1, 0.15) is 16.7 Å². The highest BCUT2D eigenvalue weighted by Gasteiger charge is 2.25. The lowest BCUT2D eigenvalue weighted by Crippen LogP contribution is -2.20. The Morgan fingerprint density at radius 1 is 0.920 bits per heavy atom. The van der Waals surface area contributed by atoms with Crippen molar-refractivity contribution in [1.82, 2.24) is 4.83 Å². The third-order valence-corrected chi connectivity index (χ3v) is 4.61. The van der Waals surface area contributed by atoms with Gasteiger partial charge in [0.2, 0.25) is 5.82 Å². The van der Waals surface area contributed by atoms with Crippen LogP contribution < -0.4 is 4.83 Å². The Hall–Kier alpha value is -2.49. The van der Waals surface area contributed by atoms with Gasteiger partial charge in [-0.1, -0.05) is 12.1 Å². The normalized spacial score (nSPS) is 12.0. The monoisotopic (exact) mass is 378 g/mol. The number of nitrogens with one attached hydrogen (secondary N) is 1. The van der Waals surface area contributed by atoms with Crippen molar-refractivity contribution in [2.45, 2.75) is 18.7 Å². The summed E-state index contributed by atoms with van der Waals surface area (Å²) in [5.74, 6) is -10.9. The fourth-order valence-corrected chi connectivity index (χ4v) is 3.06. The van der Waals surface area contributed by atoms with Crippen LogP contribution in [0.15, 0.2) is 28.2 Å². The minimum Gasteiger partial charge on any atom is -0.203 e. The molecular formula is C15H11F5N2O2S. The van der Waals surface area contributed by atoms with Crippen molar-refractivity contribution in [1.29, 1.82) is 0 Å². The minimum absolute atomic E-state index is 0.137. The van der Waals surface area contributed by atoms with Gasteiger partial charge in [0.05, 0.1) is 16.7 Å². The van der Waals surface area contributed by atoms with Gasteiger partial charge in [-0.15, -0.1) is 0 Å². The van der Waals surface area contributed by atoms with Gasteiger partial charge in [-0.05, 0) is 31.0 Å². The zero-order valence-electron chi connectivity index (χ0n) is 12.9. The first-order chi connectivity index (χ1) is 11.6. The van der Waals surface area contributed by atoms with Gasteiger partial charge in [0.1, 0.15) is 0 Å². The Kier molecular flexibility index (Phi) is 5.12. The zero-order valence-corrected chi connectivity index (χ0v) is 13.7. The van der Waals surface area contributed by atoms with Crippen molar-refractivity contribution in [3.63, 3.8) is 0 Å². The van der Waals surface area contributed by atoms with E-state index in [9.17, 15) is 30.4 Å². The third kappa shape index (κ3) is 3.63. The van der Waals surface area contributed by atoms with E-state index in [4.69, 9.17) is 0 Å². The molecule has 2 aromatic rings. The Morgan fingerprint density at radius 3 is 2.00 bits per heavy atom. The molecule has 0 aliphatic rings. The van der Waals surface area contributed by atoms with Gasteiger partial charge in [-0.25, -0.2) is 26.8 Å². The summed E-state index contributed by atoms with van der Waals surface area (Å²) >= 11 is 0. The summed E-state index contributed by atoms with van der Waals surface area (Å²) in [5.41, 5.74) is -0.348. The Morgan fingerprint density at radius 2 is 1.44 bits per heavy atom. The van der Waals surface area contributed by atoms with E-state index in [1.807, 2.05) is 0 Å². The minimum atomic E-state index is -4.19. The number of sulfonamides is 1. The van der Waals surface area contributed by atoms with E-state index in [1.165, 1.54) is 19.1 Å². The van der Waals surface area contributed by atoms with Gasteiger partial charge in [0, 0.05) is 0 Å². The maximum atomic E-state index is 13.5. The van der Waals surface area contributed by atoms with Crippen molar-refractivity contribution in [3.8, 4) is 0 Å². The molecular weight excluding hydrogens is 367 g/mol. The van der Waals surface area contributed by atoms with Gasteiger partial charge < -0.3 is 0 Å². The van der Waals surface area contributed by atoms with Crippen LogP contribution in [0.4, 0.5) is 22.0 Å². The molecule has 134 valence electrons. The second-order valence-electron chi connectivity index (χ2n) is 5.11. The predicted octanol–water partition coefficient (Wildman–Crippen LogP) is 3.31. The standard InChI is InChI=1S/C15H11F5N2O2S/c1-7-3-4-8(2)10(5-7)25(23,24)22-21-6-9-11(16)13(18)15(20)14(19)12(9)17/h3-6,22H,1-2H3. The number of benzene rings is 2. The van der Waals surface area contributed by atoms with Crippen molar-refractivity contribution in [2.24, 2.45) is 5.10 Å². The van der Waals surface area contributed by atoms with Crippen molar-refractivity contribution >= 4 is 16.2 Å². The first-order valence-electron chi connectivity index (χ1n) is 6.70. The second kappa shape index (κ2) is 6.79. The average molecular weight is 378 g/mol. The van der Waals surface area contributed by atoms with Crippen LogP contribution in [0.2, 0.25) is 0 Å². The molecule has 0 unspecified atom stereocenters. The van der Waals surface area contributed by atoms with Crippen molar-refractivity contribution in [2.75, 3.05) is 0 Å². The molecule has 0 fully saturated rings. The summed E-state index contributed by atoms with van der Waals surface area (Å²) in [6, 6.07) is 4.55. The largest absolute Gasteiger partial charge is 0.276 e. The Bertz CT molecular complexity index is 945. The van der Waals surface area contributed by atoms with E-state index < -0.39 is 44.7 Å². The van der Waals surface area contributed by atoms with E-state index in [2.05, 4.69) is 5.10 Å². The van der Waals surface area contributed by atoms with Crippen LogP contribution >= 0.6 is 0 Å². The van der Waals surface area contributed by atoms with E-state index in [1.54, 1.807) is 17.8 Å². The van der Waals surface area contributed by atoms with Crippen LogP contribution in [0.5, 0.6) is 0 Å². The maximum Gasteiger partial charge on any atom is 0.276 e. The molecule has 0 saturated heterocycles. The van der Waals surface area contributed by atoms with Crippen molar-refractivity contribution < 1.29 is 30.4 Å². The third-order valence-electron chi connectivity index (χ3n) is 3.24. The first kappa shape index (κ1) is 18.8. The van der Waals surface area contributed by atoms with E-state index in [0.29, 0.717) is 11.1 Å². The molecule has 0 aliphatic heterocycles. The topological polar surface area (TPSA) is 58.5 Å². The highest BCUT2D eigenvalue weighted by Crippen LogP contribution is 2.22. The quantitative estimate of drug-likeness (QED) is 0.292. The molecule has 1 N–H and O–H groups in total. The zero-order chi connectivity index (χ0) is 18.9. The van der Waals surface area contributed by atoms with Crippen LogP contribution in [0, 0.1) is 42.9 Å². The van der Waals surface area contributed by atoms with Gasteiger partial charge in [0.25, 0.3) is 10.0 Å². The lowest BCUT2D eigenvalue weighted by molar-refractivity contribution is 0.377. The molecule has 0 saturated carbocycles. The summed E-state index contributed by atoms with van der Waals surface area (Å²) in [4.78, 5) is 1.53. The molecule has 0 aromatic heterocycles. The SMILES string of the molecule is Cc1ccc(C)c(S(=O)(=O)NN=Cc2c(F)c(F)c(F)c(F)c2F)c1. The average Bonchev–Trinajstić information content (AvgIpc) is 2.56. The molecule has 0 heterocycles. The number of hydrogen-bond acceptors (Lipinski definition) is 3. The van der Waals surface area contributed by atoms with Gasteiger partial charge in [0.15, 0.2) is 23.3 Å². The highest BCUT2D eigenvalue weighted by atomic mass is 32.2. The molecule has 2 rings (SSSR count). The Labute approximate surface area is 140 Å². The predicted molar refractivity (Wildman–Crippen MR) is 80.1 cm³/mol. The number of aryl methyl sites for hydroxylation is 2. The lowest BCUT2D eigenvalue weighted by atomic mass is 10.2. The Balaban J connectivity index is 2.37. The number of hydrogen-bond donors (Lipinski definition) is 1. The van der Waals surface area contributed by atoms with E-state index in [-0.39, 0.29) is 11.1 Å². The molecule has 0 aliphatic carbocycles. The lowest BCUT2D eigenvalue weighted by Gasteiger charge is -2.08. The van der Waals surface area contributed by atoms with E-state index in [0.717, 1.165) is 0 Å². The molecule has 0 radical (unpaired) electrons. The number of hydrazone groups is 1.